The highest BCUT2D eigenvalue weighted by Crippen LogP contribution is 2.12. The van der Waals surface area contributed by atoms with Crippen LogP contribution in [0.3, 0.4) is 0 Å². The van der Waals surface area contributed by atoms with Gasteiger partial charge in [-0.05, 0) is 31.9 Å². The summed E-state index contributed by atoms with van der Waals surface area (Å²) in [4.78, 5) is 14.4. The first-order chi connectivity index (χ1) is 8.40. The fourth-order valence-electron chi connectivity index (χ4n) is 1.84. The number of hydrogen-bond acceptors (Lipinski definition) is 2. The highest BCUT2D eigenvalue weighted by Gasteiger charge is 2.16. The van der Waals surface area contributed by atoms with E-state index in [9.17, 15) is 4.79 Å². The summed E-state index contributed by atoms with van der Waals surface area (Å²) in [5.74, 6) is 0.766. The standard InChI is InChI=1S/C15H22BrNO/c1-11(2)9-17(12(3)4)10-15(18)13-5-7-14(16)8-6-13/h5-8,11-12H,9-10H2,1-4H3. The maximum atomic E-state index is 12.2. The molecule has 0 bridgehead atoms. The van der Waals surface area contributed by atoms with Crippen LogP contribution >= 0.6 is 15.9 Å². The molecule has 0 heterocycles. The van der Waals surface area contributed by atoms with Crippen molar-refractivity contribution in [3.63, 3.8) is 0 Å². The van der Waals surface area contributed by atoms with E-state index in [4.69, 9.17) is 0 Å². The third-order valence-electron chi connectivity index (χ3n) is 2.84. The van der Waals surface area contributed by atoms with Gasteiger partial charge in [0.2, 0.25) is 0 Å². The minimum Gasteiger partial charge on any atom is -0.293 e. The van der Waals surface area contributed by atoms with Gasteiger partial charge in [-0.1, -0.05) is 41.9 Å². The van der Waals surface area contributed by atoms with Crippen molar-refractivity contribution in [3.05, 3.63) is 34.3 Å². The molecule has 3 heteroatoms. The van der Waals surface area contributed by atoms with Crippen LogP contribution in [0.1, 0.15) is 38.1 Å². The second-order valence-electron chi connectivity index (χ2n) is 5.35. The van der Waals surface area contributed by atoms with Crippen LogP contribution in [0.25, 0.3) is 0 Å². The molecule has 0 saturated carbocycles. The number of Topliss-reactive ketones (excluding diaryl/α,β-unsaturated/α-hetero) is 1. The van der Waals surface area contributed by atoms with Gasteiger partial charge in [0.25, 0.3) is 0 Å². The van der Waals surface area contributed by atoms with Crippen LogP contribution in [-0.2, 0) is 0 Å². The zero-order valence-corrected chi connectivity index (χ0v) is 13.2. The Balaban J connectivity index is 2.69. The minimum absolute atomic E-state index is 0.192. The summed E-state index contributed by atoms with van der Waals surface area (Å²) in [5, 5.41) is 0. The van der Waals surface area contributed by atoms with Gasteiger partial charge in [0, 0.05) is 22.6 Å². The first-order valence-corrected chi connectivity index (χ1v) is 7.22. The molecule has 0 aromatic heterocycles. The van der Waals surface area contributed by atoms with E-state index in [0.717, 1.165) is 16.6 Å². The molecule has 0 fully saturated rings. The lowest BCUT2D eigenvalue weighted by Gasteiger charge is -2.27. The van der Waals surface area contributed by atoms with Gasteiger partial charge in [0.1, 0.15) is 0 Å². The van der Waals surface area contributed by atoms with Gasteiger partial charge in [0.15, 0.2) is 5.78 Å². The van der Waals surface area contributed by atoms with E-state index >= 15 is 0 Å². The summed E-state index contributed by atoms with van der Waals surface area (Å²) in [6, 6.07) is 7.97. The van der Waals surface area contributed by atoms with Crippen molar-refractivity contribution < 1.29 is 4.79 Å². The van der Waals surface area contributed by atoms with E-state index in [0.29, 0.717) is 18.5 Å². The highest BCUT2D eigenvalue weighted by molar-refractivity contribution is 9.10. The average Bonchev–Trinajstić information content (AvgIpc) is 2.28. The number of hydrogen-bond donors (Lipinski definition) is 0. The van der Waals surface area contributed by atoms with E-state index < -0.39 is 0 Å². The first kappa shape index (κ1) is 15.4. The molecule has 1 rings (SSSR count). The molecular weight excluding hydrogens is 290 g/mol. The summed E-state index contributed by atoms with van der Waals surface area (Å²) in [6.07, 6.45) is 0. The van der Waals surface area contributed by atoms with Crippen molar-refractivity contribution in [1.29, 1.82) is 0 Å². The Morgan fingerprint density at radius 2 is 1.72 bits per heavy atom. The zero-order valence-electron chi connectivity index (χ0n) is 11.6. The summed E-state index contributed by atoms with van der Waals surface area (Å²) in [6.45, 7) is 10.1. The molecule has 0 unspecified atom stereocenters. The molecule has 0 radical (unpaired) electrons. The van der Waals surface area contributed by atoms with E-state index in [1.807, 2.05) is 24.3 Å². The second kappa shape index (κ2) is 7.05. The van der Waals surface area contributed by atoms with Crippen molar-refractivity contribution >= 4 is 21.7 Å². The zero-order chi connectivity index (χ0) is 13.7. The summed E-state index contributed by atoms with van der Waals surface area (Å²) >= 11 is 3.38. The number of nitrogens with zero attached hydrogens (tertiary/aromatic N) is 1. The third kappa shape index (κ3) is 4.91. The average molecular weight is 312 g/mol. The van der Waals surface area contributed by atoms with Crippen molar-refractivity contribution in [2.75, 3.05) is 13.1 Å². The molecule has 0 aliphatic heterocycles. The van der Waals surface area contributed by atoms with Crippen LogP contribution in [0.15, 0.2) is 28.7 Å². The minimum atomic E-state index is 0.192. The fourth-order valence-corrected chi connectivity index (χ4v) is 2.10. The lowest BCUT2D eigenvalue weighted by Crippen LogP contribution is -2.38. The Kier molecular flexibility index (Phi) is 6.03. The Morgan fingerprint density at radius 1 is 1.17 bits per heavy atom. The Morgan fingerprint density at radius 3 is 2.17 bits per heavy atom. The lowest BCUT2D eigenvalue weighted by molar-refractivity contribution is 0.0893. The molecule has 1 aromatic carbocycles. The van der Waals surface area contributed by atoms with Crippen LogP contribution in [-0.4, -0.2) is 29.8 Å². The number of halogens is 1. The largest absolute Gasteiger partial charge is 0.293 e. The number of carbonyl (C=O) groups is 1. The van der Waals surface area contributed by atoms with Gasteiger partial charge in [-0.15, -0.1) is 0 Å². The van der Waals surface area contributed by atoms with Crippen molar-refractivity contribution in [2.45, 2.75) is 33.7 Å². The summed E-state index contributed by atoms with van der Waals surface area (Å²) in [7, 11) is 0. The van der Waals surface area contributed by atoms with Gasteiger partial charge in [0.05, 0.1) is 6.54 Å². The molecule has 100 valence electrons. The number of carbonyl (C=O) groups excluding carboxylic acids is 1. The first-order valence-electron chi connectivity index (χ1n) is 6.43. The second-order valence-corrected chi connectivity index (χ2v) is 6.26. The van der Waals surface area contributed by atoms with Gasteiger partial charge in [-0.2, -0.15) is 0 Å². The molecule has 18 heavy (non-hydrogen) atoms. The molecule has 0 saturated heterocycles. The van der Waals surface area contributed by atoms with Crippen LogP contribution in [0.4, 0.5) is 0 Å². The van der Waals surface area contributed by atoms with Gasteiger partial charge in [-0.3, -0.25) is 9.69 Å². The van der Waals surface area contributed by atoms with Crippen molar-refractivity contribution in [3.8, 4) is 0 Å². The maximum absolute atomic E-state index is 12.2. The quantitative estimate of drug-likeness (QED) is 0.740. The molecule has 0 amide bonds. The fraction of sp³-hybridized carbons (Fsp3) is 0.533. The normalized spacial score (nSPS) is 11.6. The summed E-state index contributed by atoms with van der Waals surface area (Å²) in [5.41, 5.74) is 0.785. The van der Waals surface area contributed by atoms with Crippen LogP contribution in [0, 0.1) is 5.92 Å². The Labute approximate surface area is 119 Å². The highest BCUT2D eigenvalue weighted by atomic mass is 79.9. The molecule has 0 spiro atoms. The van der Waals surface area contributed by atoms with E-state index in [1.165, 1.54) is 0 Å². The molecule has 0 atom stereocenters. The predicted molar refractivity (Wildman–Crippen MR) is 80.0 cm³/mol. The Hall–Kier alpha value is -0.670. The molecule has 0 aliphatic carbocycles. The van der Waals surface area contributed by atoms with E-state index in [1.54, 1.807) is 0 Å². The number of benzene rings is 1. The molecular formula is C15H22BrNO. The third-order valence-corrected chi connectivity index (χ3v) is 3.37. The summed E-state index contributed by atoms with van der Waals surface area (Å²) < 4.78 is 1.00. The van der Waals surface area contributed by atoms with Crippen LogP contribution in [0.5, 0.6) is 0 Å². The van der Waals surface area contributed by atoms with Crippen molar-refractivity contribution in [2.24, 2.45) is 5.92 Å². The smallest absolute Gasteiger partial charge is 0.176 e. The van der Waals surface area contributed by atoms with Gasteiger partial charge >= 0.3 is 0 Å². The Bertz CT molecular complexity index is 384. The molecule has 0 aliphatic rings. The number of rotatable bonds is 6. The SMILES string of the molecule is CC(C)CN(CC(=O)c1ccc(Br)cc1)C(C)C. The van der Waals surface area contributed by atoms with Crippen molar-refractivity contribution in [1.82, 2.24) is 4.90 Å². The topological polar surface area (TPSA) is 20.3 Å². The van der Waals surface area contributed by atoms with E-state index in [2.05, 4.69) is 48.5 Å². The van der Waals surface area contributed by atoms with E-state index in [-0.39, 0.29) is 5.78 Å². The monoisotopic (exact) mass is 311 g/mol. The predicted octanol–water partition coefficient (Wildman–Crippen LogP) is 4.00. The van der Waals surface area contributed by atoms with Crippen LogP contribution < -0.4 is 0 Å². The number of ketones is 1. The lowest BCUT2D eigenvalue weighted by atomic mass is 10.1. The maximum Gasteiger partial charge on any atom is 0.176 e. The molecule has 0 N–H and O–H groups in total. The van der Waals surface area contributed by atoms with Crippen LogP contribution in [0.2, 0.25) is 0 Å². The van der Waals surface area contributed by atoms with Gasteiger partial charge in [-0.25, -0.2) is 0 Å². The molecule has 1 aromatic rings. The molecule has 2 nitrogen and oxygen atoms in total. The van der Waals surface area contributed by atoms with Gasteiger partial charge < -0.3 is 0 Å².